The van der Waals surface area contributed by atoms with Crippen LogP contribution < -0.4 is 0 Å². The molecule has 1 N–H and O–H groups in total. The van der Waals surface area contributed by atoms with Gasteiger partial charge in [0.2, 0.25) is 0 Å². The fraction of sp³-hybridized carbons (Fsp3) is 0.263. The van der Waals surface area contributed by atoms with Gasteiger partial charge in [0, 0.05) is 11.3 Å². The quantitative estimate of drug-likeness (QED) is 0.839. The van der Waals surface area contributed by atoms with Crippen LogP contribution in [0.5, 0.6) is 0 Å². The van der Waals surface area contributed by atoms with Crippen molar-refractivity contribution in [2.24, 2.45) is 0 Å². The molecule has 0 radical (unpaired) electrons. The molecule has 0 unspecified atom stereocenters. The highest BCUT2D eigenvalue weighted by atomic mass is 32.2. The average molecular weight is 395 g/mol. The Morgan fingerprint density at radius 3 is 2.19 bits per heavy atom. The van der Waals surface area contributed by atoms with Gasteiger partial charge in [-0.1, -0.05) is 29.8 Å². The fourth-order valence-electron chi connectivity index (χ4n) is 2.88. The minimum absolute atomic E-state index is 0.165. The van der Waals surface area contributed by atoms with E-state index in [9.17, 15) is 27.9 Å². The van der Waals surface area contributed by atoms with E-state index in [0.29, 0.717) is 11.1 Å². The Morgan fingerprint density at radius 1 is 1.07 bits per heavy atom. The molecule has 1 fully saturated rings. The van der Waals surface area contributed by atoms with Gasteiger partial charge in [-0.25, -0.2) is 4.79 Å². The predicted molar refractivity (Wildman–Crippen MR) is 95.4 cm³/mol. The first-order valence-corrected chi connectivity index (χ1v) is 9.14. The number of hydrogen-bond donors (Lipinski definition) is 1. The number of hydrogen-bond acceptors (Lipinski definition) is 3. The summed E-state index contributed by atoms with van der Waals surface area (Å²) in [5, 5.41) is 8.82. The maximum absolute atomic E-state index is 13.0. The van der Waals surface area contributed by atoms with E-state index in [0.717, 1.165) is 17.7 Å². The highest BCUT2D eigenvalue weighted by molar-refractivity contribution is 7.99. The number of carbonyl (C=O) groups is 2. The lowest BCUT2D eigenvalue weighted by Crippen LogP contribution is -2.43. The summed E-state index contributed by atoms with van der Waals surface area (Å²) in [6, 6.07) is 10.2. The number of alkyl halides is 3. The molecule has 1 aliphatic heterocycles. The van der Waals surface area contributed by atoms with Crippen molar-refractivity contribution in [3.8, 4) is 0 Å². The smallest absolute Gasteiger partial charge is 0.416 e. The lowest BCUT2D eigenvalue weighted by Gasteiger charge is -2.28. The molecule has 2 aromatic rings. The van der Waals surface area contributed by atoms with Crippen molar-refractivity contribution in [3.05, 3.63) is 70.8 Å². The molecule has 1 heterocycles. The highest BCUT2D eigenvalue weighted by Crippen LogP contribution is 2.43. The third kappa shape index (κ3) is 3.95. The van der Waals surface area contributed by atoms with E-state index in [1.165, 1.54) is 28.8 Å². The van der Waals surface area contributed by atoms with Gasteiger partial charge in [-0.05, 0) is 36.8 Å². The summed E-state index contributed by atoms with van der Waals surface area (Å²) >= 11 is 1.22. The molecule has 0 aromatic heterocycles. The number of aryl methyl sites for hydroxylation is 1. The van der Waals surface area contributed by atoms with Gasteiger partial charge in [0.25, 0.3) is 5.91 Å². The van der Waals surface area contributed by atoms with Crippen LogP contribution in [0.25, 0.3) is 0 Å². The summed E-state index contributed by atoms with van der Waals surface area (Å²) < 4.78 is 38.3. The minimum atomic E-state index is -4.46. The minimum Gasteiger partial charge on any atom is -0.480 e. The van der Waals surface area contributed by atoms with Gasteiger partial charge in [0.05, 0.1) is 5.56 Å². The summed E-state index contributed by atoms with van der Waals surface area (Å²) in [5.41, 5.74) is 0.959. The van der Waals surface area contributed by atoms with Crippen LogP contribution in [0, 0.1) is 6.92 Å². The Hall–Kier alpha value is -2.48. The number of rotatable bonds is 3. The standard InChI is InChI=1S/C19H16F3NO3S/c1-11-2-4-12(5-3-11)16(24)23-15(18(25)26)10-27-17(23)13-6-8-14(9-7-13)19(20,21)22/h2-9,15,17H,10H2,1H3,(H,25,26)/t15-,17-/m1/s1. The van der Waals surface area contributed by atoms with Crippen LogP contribution in [0.2, 0.25) is 0 Å². The van der Waals surface area contributed by atoms with E-state index in [4.69, 9.17) is 0 Å². The molecule has 2 atom stereocenters. The van der Waals surface area contributed by atoms with E-state index < -0.39 is 35.0 Å². The van der Waals surface area contributed by atoms with Crippen LogP contribution in [-0.4, -0.2) is 33.7 Å². The monoisotopic (exact) mass is 395 g/mol. The topological polar surface area (TPSA) is 57.6 Å². The van der Waals surface area contributed by atoms with E-state index in [2.05, 4.69) is 0 Å². The molecule has 0 aliphatic carbocycles. The molecule has 1 aliphatic rings. The molecule has 1 saturated heterocycles. The van der Waals surface area contributed by atoms with Gasteiger partial charge >= 0.3 is 12.1 Å². The second-order valence-electron chi connectivity index (χ2n) is 6.24. The SMILES string of the molecule is Cc1ccc(C(=O)N2[C@@H](C(=O)O)CS[C@@H]2c2ccc(C(F)(F)F)cc2)cc1. The molecular formula is C19H16F3NO3S. The van der Waals surface area contributed by atoms with Crippen molar-refractivity contribution in [3.63, 3.8) is 0 Å². The van der Waals surface area contributed by atoms with Gasteiger partial charge in [-0.15, -0.1) is 11.8 Å². The zero-order valence-electron chi connectivity index (χ0n) is 14.2. The average Bonchev–Trinajstić information content (AvgIpc) is 3.06. The number of benzene rings is 2. The predicted octanol–water partition coefficient (Wildman–Crippen LogP) is 4.35. The van der Waals surface area contributed by atoms with Crippen molar-refractivity contribution in [2.75, 3.05) is 5.75 Å². The molecule has 8 heteroatoms. The maximum atomic E-state index is 13.0. The van der Waals surface area contributed by atoms with Gasteiger partial charge < -0.3 is 10.0 Å². The van der Waals surface area contributed by atoms with Crippen LogP contribution in [0.3, 0.4) is 0 Å². The van der Waals surface area contributed by atoms with Gasteiger partial charge in [0.1, 0.15) is 11.4 Å². The first-order chi connectivity index (χ1) is 12.7. The van der Waals surface area contributed by atoms with Crippen molar-refractivity contribution in [2.45, 2.75) is 24.5 Å². The Bertz CT molecular complexity index is 850. The van der Waals surface area contributed by atoms with Crippen molar-refractivity contribution in [1.82, 2.24) is 4.90 Å². The van der Waals surface area contributed by atoms with Gasteiger partial charge in [-0.3, -0.25) is 4.79 Å². The van der Waals surface area contributed by atoms with Gasteiger partial charge in [0.15, 0.2) is 0 Å². The van der Waals surface area contributed by atoms with Crippen LogP contribution in [0.4, 0.5) is 13.2 Å². The Morgan fingerprint density at radius 2 is 1.67 bits per heavy atom. The molecule has 0 saturated carbocycles. The zero-order valence-corrected chi connectivity index (χ0v) is 15.1. The lowest BCUT2D eigenvalue weighted by molar-refractivity contribution is -0.141. The maximum Gasteiger partial charge on any atom is 0.416 e. The molecule has 0 spiro atoms. The molecule has 0 bridgehead atoms. The normalized spacial score (nSPS) is 19.9. The van der Waals surface area contributed by atoms with E-state index in [1.54, 1.807) is 24.3 Å². The number of carboxylic acid groups (broad SMARTS) is 1. The molecular weight excluding hydrogens is 379 g/mol. The Kier molecular flexibility index (Phi) is 5.19. The Balaban J connectivity index is 1.95. The number of carboxylic acids is 1. The number of halogens is 3. The zero-order chi connectivity index (χ0) is 19.8. The van der Waals surface area contributed by atoms with Crippen molar-refractivity contribution >= 4 is 23.6 Å². The van der Waals surface area contributed by atoms with E-state index in [1.807, 2.05) is 6.92 Å². The number of aliphatic carboxylic acids is 1. The number of thioether (sulfide) groups is 1. The number of carbonyl (C=O) groups excluding carboxylic acids is 1. The first kappa shape index (κ1) is 19.3. The Labute approximate surface area is 158 Å². The summed E-state index contributed by atoms with van der Waals surface area (Å²) in [4.78, 5) is 25.8. The largest absolute Gasteiger partial charge is 0.480 e. The van der Waals surface area contributed by atoms with E-state index in [-0.39, 0.29) is 5.75 Å². The summed E-state index contributed by atoms with van der Waals surface area (Å²) in [7, 11) is 0. The van der Waals surface area contributed by atoms with Crippen LogP contribution in [0.1, 0.15) is 32.4 Å². The summed E-state index contributed by atoms with van der Waals surface area (Å²) in [5.74, 6) is -1.44. The molecule has 4 nitrogen and oxygen atoms in total. The fourth-order valence-corrected chi connectivity index (χ4v) is 4.30. The van der Waals surface area contributed by atoms with Crippen LogP contribution in [-0.2, 0) is 11.0 Å². The number of nitrogens with zero attached hydrogens (tertiary/aromatic N) is 1. The second-order valence-corrected chi connectivity index (χ2v) is 7.35. The molecule has 2 aromatic carbocycles. The third-order valence-electron chi connectivity index (χ3n) is 4.34. The van der Waals surface area contributed by atoms with Crippen molar-refractivity contribution < 1.29 is 27.9 Å². The first-order valence-electron chi connectivity index (χ1n) is 8.09. The van der Waals surface area contributed by atoms with Crippen molar-refractivity contribution in [1.29, 1.82) is 0 Å². The third-order valence-corrected chi connectivity index (χ3v) is 5.66. The lowest BCUT2D eigenvalue weighted by atomic mass is 10.1. The summed E-state index contributed by atoms with van der Waals surface area (Å²) in [6.07, 6.45) is -4.46. The number of amides is 1. The van der Waals surface area contributed by atoms with Crippen LogP contribution >= 0.6 is 11.8 Å². The molecule has 3 rings (SSSR count). The van der Waals surface area contributed by atoms with Gasteiger partial charge in [-0.2, -0.15) is 13.2 Å². The summed E-state index contributed by atoms with van der Waals surface area (Å²) in [6.45, 7) is 1.87. The van der Waals surface area contributed by atoms with Crippen LogP contribution in [0.15, 0.2) is 48.5 Å². The molecule has 142 valence electrons. The highest BCUT2D eigenvalue weighted by Gasteiger charge is 2.43. The molecule has 27 heavy (non-hydrogen) atoms. The second kappa shape index (κ2) is 7.26. The van der Waals surface area contributed by atoms with E-state index >= 15 is 0 Å². The molecule has 1 amide bonds.